The van der Waals surface area contributed by atoms with E-state index in [0.717, 1.165) is 39.0 Å². The van der Waals surface area contributed by atoms with Gasteiger partial charge in [-0.1, -0.05) is 26.7 Å². The zero-order chi connectivity index (χ0) is 14.9. The highest BCUT2D eigenvalue weighted by Crippen LogP contribution is 2.45. The average Bonchev–Trinajstić information content (AvgIpc) is 2.93. The van der Waals surface area contributed by atoms with Crippen molar-refractivity contribution in [2.45, 2.75) is 70.5 Å². The lowest BCUT2D eigenvalue weighted by molar-refractivity contribution is -0.131. The van der Waals surface area contributed by atoms with Crippen LogP contribution in [0.1, 0.15) is 58.8 Å². The van der Waals surface area contributed by atoms with Gasteiger partial charge in [0.2, 0.25) is 5.91 Å². The molecule has 120 valence electrons. The highest BCUT2D eigenvalue weighted by Gasteiger charge is 2.60. The van der Waals surface area contributed by atoms with Crippen LogP contribution in [0.15, 0.2) is 0 Å². The molecule has 1 saturated heterocycles. The molecule has 3 rings (SSSR count). The second kappa shape index (κ2) is 6.25. The van der Waals surface area contributed by atoms with Crippen molar-refractivity contribution in [2.24, 2.45) is 11.8 Å². The largest absolute Gasteiger partial charge is 0.381 e. The molecule has 3 fully saturated rings. The summed E-state index contributed by atoms with van der Waals surface area (Å²) >= 11 is 0. The van der Waals surface area contributed by atoms with Crippen LogP contribution in [0, 0.1) is 11.8 Å². The molecule has 2 aliphatic carbocycles. The highest BCUT2D eigenvalue weighted by molar-refractivity contribution is 5.91. The number of carbonyl (C=O) groups is 1. The quantitative estimate of drug-likeness (QED) is 0.734. The Labute approximate surface area is 128 Å². The van der Waals surface area contributed by atoms with E-state index >= 15 is 0 Å². The van der Waals surface area contributed by atoms with Gasteiger partial charge in [0.05, 0.1) is 11.7 Å². The van der Waals surface area contributed by atoms with E-state index in [1.807, 2.05) is 0 Å². The van der Waals surface area contributed by atoms with E-state index in [1.54, 1.807) is 0 Å². The molecule has 1 atom stereocenters. The third kappa shape index (κ3) is 3.26. The molecule has 1 spiro atoms. The Balaban J connectivity index is 1.51. The first kappa shape index (κ1) is 15.3. The van der Waals surface area contributed by atoms with Crippen LogP contribution >= 0.6 is 0 Å². The second-order valence-electron chi connectivity index (χ2n) is 7.54. The third-order valence-corrected chi connectivity index (χ3v) is 5.17. The third-order valence-electron chi connectivity index (χ3n) is 5.17. The van der Waals surface area contributed by atoms with Crippen molar-refractivity contribution in [3.63, 3.8) is 0 Å². The first-order valence-electron chi connectivity index (χ1n) is 8.79. The fraction of sp³-hybridized carbons (Fsp3) is 0.941. The minimum atomic E-state index is -0.161. The maximum Gasteiger partial charge on any atom is 0.244 e. The summed E-state index contributed by atoms with van der Waals surface area (Å²) in [7, 11) is 0. The van der Waals surface area contributed by atoms with Gasteiger partial charge < -0.3 is 9.64 Å². The molecular weight excluding hydrogens is 264 g/mol. The normalized spacial score (nSPS) is 28.2. The van der Waals surface area contributed by atoms with E-state index in [0.29, 0.717) is 23.9 Å². The van der Waals surface area contributed by atoms with Gasteiger partial charge in [-0.15, -0.1) is 0 Å². The summed E-state index contributed by atoms with van der Waals surface area (Å²) < 4.78 is 5.66. The lowest BCUT2D eigenvalue weighted by Gasteiger charge is -2.29. The Morgan fingerprint density at radius 1 is 1.33 bits per heavy atom. The fourth-order valence-corrected chi connectivity index (χ4v) is 3.85. The lowest BCUT2D eigenvalue weighted by atomic mass is 10.0. The van der Waals surface area contributed by atoms with Gasteiger partial charge in [-0.05, 0) is 43.9 Å². The standard InChI is InChI=1S/C17H30N2O2/c1-13(2)12-21-11-5-10-19-15(14-6-3-4-7-14)18-17(8-9-17)16(19)20/h13-15,18H,3-12H2,1-2H3. The summed E-state index contributed by atoms with van der Waals surface area (Å²) in [4.78, 5) is 14.8. The molecule has 1 unspecified atom stereocenters. The van der Waals surface area contributed by atoms with E-state index in [1.165, 1.54) is 25.7 Å². The van der Waals surface area contributed by atoms with Gasteiger partial charge in [0.15, 0.2) is 0 Å². The topological polar surface area (TPSA) is 41.6 Å². The van der Waals surface area contributed by atoms with Crippen molar-refractivity contribution in [1.82, 2.24) is 10.2 Å². The summed E-state index contributed by atoms with van der Waals surface area (Å²) in [5.74, 6) is 1.62. The maximum absolute atomic E-state index is 12.7. The number of ether oxygens (including phenoxy) is 1. The van der Waals surface area contributed by atoms with Crippen molar-refractivity contribution < 1.29 is 9.53 Å². The number of rotatable bonds is 7. The highest BCUT2D eigenvalue weighted by atomic mass is 16.5. The molecule has 0 radical (unpaired) electrons. The van der Waals surface area contributed by atoms with Crippen LogP contribution < -0.4 is 5.32 Å². The van der Waals surface area contributed by atoms with E-state index in [2.05, 4.69) is 24.1 Å². The fourth-order valence-electron chi connectivity index (χ4n) is 3.85. The van der Waals surface area contributed by atoms with Crippen molar-refractivity contribution in [1.29, 1.82) is 0 Å². The minimum Gasteiger partial charge on any atom is -0.381 e. The summed E-state index contributed by atoms with van der Waals surface area (Å²) in [6, 6.07) is 0. The van der Waals surface area contributed by atoms with Crippen molar-refractivity contribution in [3.05, 3.63) is 0 Å². The maximum atomic E-state index is 12.7. The number of nitrogens with one attached hydrogen (secondary N) is 1. The summed E-state index contributed by atoms with van der Waals surface area (Å²) in [5.41, 5.74) is -0.161. The van der Waals surface area contributed by atoms with E-state index < -0.39 is 0 Å². The molecule has 0 aromatic rings. The van der Waals surface area contributed by atoms with E-state index in [4.69, 9.17) is 4.74 Å². The van der Waals surface area contributed by atoms with Gasteiger partial charge in [-0.25, -0.2) is 0 Å². The number of amides is 1. The Hall–Kier alpha value is -0.610. The number of carbonyl (C=O) groups excluding carboxylic acids is 1. The molecule has 21 heavy (non-hydrogen) atoms. The van der Waals surface area contributed by atoms with E-state index in [-0.39, 0.29) is 5.54 Å². The molecule has 2 saturated carbocycles. The molecule has 4 nitrogen and oxygen atoms in total. The molecule has 3 aliphatic rings. The Bertz CT molecular complexity index is 373. The van der Waals surface area contributed by atoms with Gasteiger partial charge in [0.25, 0.3) is 0 Å². The molecule has 1 aliphatic heterocycles. The SMILES string of the molecule is CC(C)COCCCN1C(=O)C2(CC2)NC1C1CCCC1. The van der Waals surface area contributed by atoms with Crippen LogP contribution in [-0.2, 0) is 9.53 Å². The van der Waals surface area contributed by atoms with Gasteiger partial charge in [-0.2, -0.15) is 0 Å². The predicted octanol–water partition coefficient (Wildman–Crippen LogP) is 2.53. The van der Waals surface area contributed by atoms with Crippen LogP contribution in [0.4, 0.5) is 0 Å². The number of hydrogen-bond donors (Lipinski definition) is 1. The van der Waals surface area contributed by atoms with Gasteiger partial charge in [-0.3, -0.25) is 10.1 Å². The smallest absolute Gasteiger partial charge is 0.244 e. The molecule has 1 N–H and O–H groups in total. The first-order valence-corrected chi connectivity index (χ1v) is 8.79. The van der Waals surface area contributed by atoms with Crippen molar-refractivity contribution >= 4 is 5.91 Å². The Kier molecular flexibility index (Phi) is 4.55. The van der Waals surface area contributed by atoms with Gasteiger partial charge in [0.1, 0.15) is 0 Å². The van der Waals surface area contributed by atoms with Crippen LogP contribution in [0.5, 0.6) is 0 Å². The summed E-state index contributed by atoms with van der Waals surface area (Å²) in [5, 5.41) is 3.68. The lowest BCUT2D eigenvalue weighted by Crippen LogP contribution is -2.43. The molecule has 0 aromatic carbocycles. The molecule has 0 bridgehead atoms. The molecule has 1 heterocycles. The number of nitrogens with zero attached hydrogens (tertiary/aromatic N) is 1. The molecule has 0 aromatic heterocycles. The van der Waals surface area contributed by atoms with Crippen molar-refractivity contribution in [2.75, 3.05) is 19.8 Å². The monoisotopic (exact) mass is 294 g/mol. The van der Waals surface area contributed by atoms with E-state index in [9.17, 15) is 4.79 Å². The van der Waals surface area contributed by atoms with Crippen LogP contribution in [-0.4, -0.2) is 42.3 Å². The Morgan fingerprint density at radius 3 is 2.67 bits per heavy atom. The molecule has 1 amide bonds. The van der Waals surface area contributed by atoms with Crippen LogP contribution in [0.25, 0.3) is 0 Å². The molecular formula is C17H30N2O2. The zero-order valence-corrected chi connectivity index (χ0v) is 13.6. The van der Waals surface area contributed by atoms with Crippen molar-refractivity contribution in [3.8, 4) is 0 Å². The predicted molar refractivity (Wildman–Crippen MR) is 82.8 cm³/mol. The average molecular weight is 294 g/mol. The minimum absolute atomic E-state index is 0.161. The second-order valence-corrected chi connectivity index (χ2v) is 7.54. The van der Waals surface area contributed by atoms with Gasteiger partial charge >= 0.3 is 0 Å². The number of hydrogen-bond acceptors (Lipinski definition) is 3. The van der Waals surface area contributed by atoms with Crippen LogP contribution in [0.3, 0.4) is 0 Å². The Morgan fingerprint density at radius 2 is 2.05 bits per heavy atom. The van der Waals surface area contributed by atoms with Crippen LogP contribution in [0.2, 0.25) is 0 Å². The first-order chi connectivity index (χ1) is 10.1. The van der Waals surface area contributed by atoms with Gasteiger partial charge in [0, 0.05) is 19.8 Å². The summed E-state index contributed by atoms with van der Waals surface area (Å²) in [6.45, 7) is 6.78. The molecule has 4 heteroatoms. The summed E-state index contributed by atoms with van der Waals surface area (Å²) in [6.07, 6.45) is 8.55. The zero-order valence-electron chi connectivity index (χ0n) is 13.6.